The average Bonchev–Trinajstić information content (AvgIpc) is 2.71. The number of aliphatic imine (C=N–C) groups is 1. The van der Waals surface area contributed by atoms with E-state index in [4.69, 9.17) is 14.5 Å². The molecule has 1 N–H and O–H groups in total. The van der Waals surface area contributed by atoms with Gasteiger partial charge in [-0.3, -0.25) is 9.79 Å². The Kier molecular flexibility index (Phi) is 8.17. The van der Waals surface area contributed by atoms with Gasteiger partial charge >= 0.3 is 0 Å². The van der Waals surface area contributed by atoms with Crippen LogP contribution in [0.25, 0.3) is 0 Å². The zero-order valence-electron chi connectivity index (χ0n) is 18.7. The summed E-state index contributed by atoms with van der Waals surface area (Å²) in [5.74, 6) is 2.43. The van der Waals surface area contributed by atoms with E-state index in [2.05, 4.69) is 25.2 Å². The van der Waals surface area contributed by atoms with Crippen molar-refractivity contribution in [2.75, 3.05) is 53.0 Å². The fourth-order valence-corrected chi connectivity index (χ4v) is 3.25. The van der Waals surface area contributed by atoms with Crippen molar-refractivity contribution < 1.29 is 14.3 Å². The Morgan fingerprint density at radius 2 is 1.79 bits per heavy atom. The summed E-state index contributed by atoms with van der Waals surface area (Å²) < 4.78 is 11.3. The summed E-state index contributed by atoms with van der Waals surface area (Å²) in [6, 6.07) is 6.09. The lowest BCUT2D eigenvalue weighted by Gasteiger charge is -2.28. The Hall–Kier alpha value is -2.44. The van der Waals surface area contributed by atoms with E-state index in [1.54, 1.807) is 0 Å². The van der Waals surface area contributed by atoms with Gasteiger partial charge in [0, 0.05) is 32.1 Å². The maximum absolute atomic E-state index is 12.5. The first-order valence-corrected chi connectivity index (χ1v) is 10.5. The molecule has 0 aliphatic carbocycles. The number of amides is 1. The highest BCUT2D eigenvalue weighted by Crippen LogP contribution is 2.35. The molecule has 2 rings (SSSR count). The van der Waals surface area contributed by atoms with Crippen molar-refractivity contribution in [3.05, 3.63) is 23.8 Å². The van der Waals surface area contributed by atoms with Crippen molar-refractivity contribution in [2.24, 2.45) is 4.99 Å². The monoisotopic (exact) mass is 404 g/mol. The minimum atomic E-state index is -0.194. The first-order chi connectivity index (χ1) is 13.8. The van der Waals surface area contributed by atoms with Crippen molar-refractivity contribution in [2.45, 2.75) is 40.0 Å². The third kappa shape index (κ3) is 6.02. The molecule has 1 heterocycles. The average molecular weight is 405 g/mol. The highest BCUT2D eigenvalue weighted by molar-refractivity contribution is 5.86. The number of fused-ring (bicyclic) bond motifs is 1. The zero-order chi connectivity index (χ0) is 21.4. The van der Waals surface area contributed by atoms with Crippen molar-refractivity contribution in [3.63, 3.8) is 0 Å². The van der Waals surface area contributed by atoms with Gasteiger partial charge in [-0.1, -0.05) is 19.9 Å². The number of guanidine groups is 1. The summed E-state index contributed by atoms with van der Waals surface area (Å²) in [5.41, 5.74) is 0.948. The van der Waals surface area contributed by atoms with Gasteiger partial charge in [-0.05, 0) is 38.5 Å². The second-order valence-corrected chi connectivity index (χ2v) is 7.83. The maximum Gasteiger partial charge on any atom is 0.242 e. The summed E-state index contributed by atoms with van der Waals surface area (Å²) >= 11 is 0. The van der Waals surface area contributed by atoms with Gasteiger partial charge in [0.1, 0.15) is 13.2 Å². The van der Waals surface area contributed by atoms with Gasteiger partial charge in [0.2, 0.25) is 5.91 Å². The molecular weight excluding hydrogens is 368 g/mol. The lowest BCUT2D eigenvalue weighted by molar-refractivity contribution is -0.131. The fraction of sp³-hybridized carbons (Fsp3) is 0.636. The molecule has 7 heteroatoms. The number of hydrogen-bond acceptors (Lipinski definition) is 4. The van der Waals surface area contributed by atoms with Crippen LogP contribution in [-0.4, -0.2) is 74.7 Å². The van der Waals surface area contributed by atoms with Crippen LogP contribution >= 0.6 is 0 Å². The molecule has 0 saturated carbocycles. The standard InChI is InChI=1S/C22H36N4O3/c1-7-23-21(25(6)15-20(27)26(8-2)9-3)24-16-22(4,5)17-10-11-18-19(14-17)29-13-12-28-18/h10-11,14H,7-9,12-13,15-16H2,1-6H3,(H,23,24). The smallest absolute Gasteiger partial charge is 0.242 e. The van der Waals surface area contributed by atoms with Crippen LogP contribution in [0.3, 0.4) is 0 Å². The molecule has 1 aromatic rings. The second-order valence-electron chi connectivity index (χ2n) is 7.83. The number of carbonyl (C=O) groups is 1. The number of nitrogens with one attached hydrogen (secondary N) is 1. The van der Waals surface area contributed by atoms with Gasteiger partial charge in [-0.2, -0.15) is 0 Å². The molecule has 1 amide bonds. The van der Waals surface area contributed by atoms with Gasteiger partial charge in [-0.15, -0.1) is 0 Å². The van der Waals surface area contributed by atoms with Crippen molar-refractivity contribution in [3.8, 4) is 11.5 Å². The molecule has 0 radical (unpaired) electrons. The molecule has 0 spiro atoms. The van der Waals surface area contributed by atoms with Crippen molar-refractivity contribution >= 4 is 11.9 Å². The van der Waals surface area contributed by atoms with Crippen LogP contribution in [0.5, 0.6) is 11.5 Å². The van der Waals surface area contributed by atoms with E-state index in [1.807, 2.05) is 49.8 Å². The molecule has 0 aromatic heterocycles. The molecule has 7 nitrogen and oxygen atoms in total. The third-order valence-corrected chi connectivity index (χ3v) is 5.13. The molecule has 0 atom stereocenters. The number of carbonyl (C=O) groups excluding carboxylic acids is 1. The van der Waals surface area contributed by atoms with E-state index < -0.39 is 0 Å². The molecule has 0 saturated heterocycles. The van der Waals surface area contributed by atoms with Crippen LogP contribution < -0.4 is 14.8 Å². The molecule has 1 aromatic carbocycles. The Morgan fingerprint density at radius 1 is 1.14 bits per heavy atom. The molecular formula is C22H36N4O3. The van der Waals surface area contributed by atoms with Gasteiger partial charge in [-0.25, -0.2) is 0 Å². The van der Waals surface area contributed by atoms with Gasteiger partial charge < -0.3 is 24.6 Å². The number of likely N-dealkylation sites (N-methyl/N-ethyl adjacent to an activating group) is 2. The van der Waals surface area contributed by atoms with Crippen LogP contribution in [0.15, 0.2) is 23.2 Å². The molecule has 29 heavy (non-hydrogen) atoms. The zero-order valence-corrected chi connectivity index (χ0v) is 18.7. The molecule has 0 bridgehead atoms. The van der Waals surface area contributed by atoms with Crippen molar-refractivity contribution in [1.29, 1.82) is 0 Å². The Morgan fingerprint density at radius 3 is 2.41 bits per heavy atom. The summed E-state index contributed by atoms with van der Waals surface area (Å²) in [6.07, 6.45) is 0. The minimum Gasteiger partial charge on any atom is -0.486 e. The van der Waals surface area contributed by atoms with E-state index in [1.165, 1.54) is 0 Å². The predicted octanol–water partition coefficient (Wildman–Crippen LogP) is 2.50. The van der Waals surface area contributed by atoms with Crippen LogP contribution in [-0.2, 0) is 10.2 Å². The number of nitrogens with zero attached hydrogens (tertiary/aromatic N) is 3. The van der Waals surface area contributed by atoms with E-state index in [0.29, 0.717) is 39.4 Å². The highest BCUT2D eigenvalue weighted by atomic mass is 16.6. The van der Waals surface area contributed by atoms with Crippen LogP contribution in [0, 0.1) is 0 Å². The maximum atomic E-state index is 12.5. The van der Waals surface area contributed by atoms with Gasteiger partial charge in [0.05, 0.1) is 13.1 Å². The predicted molar refractivity (Wildman–Crippen MR) is 117 cm³/mol. The second kappa shape index (κ2) is 10.4. The van der Waals surface area contributed by atoms with E-state index in [0.717, 1.165) is 29.6 Å². The van der Waals surface area contributed by atoms with Crippen LogP contribution in [0.2, 0.25) is 0 Å². The largest absolute Gasteiger partial charge is 0.486 e. The quantitative estimate of drug-likeness (QED) is 0.533. The van der Waals surface area contributed by atoms with Crippen LogP contribution in [0.4, 0.5) is 0 Å². The van der Waals surface area contributed by atoms with E-state index in [9.17, 15) is 4.79 Å². The number of rotatable bonds is 8. The van der Waals surface area contributed by atoms with E-state index >= 15 is 0 Å². The highest BCUT2D eigenvalue weighted by Gasteiger charge is 2.24. The summed E-state index contributed by atoms with van der Waals surface area (Å²) in [7, 11) is 1.90. The molecule has 162 valence electrons. The first-order valence-electron chi connectivity index (χ1n) is 10.5. The first kappa shape index (κ1) is 22.8. The Labute approximate surface area is 175 Å². The lowest BCUT2D eigenvalue weighted by Crippen LogP contribution is -2.46. The van der Waals surface area contributed by atoms with Gasteiger partial charge in [0.15, 0.2) is 17.5 Å². The summed E-state index contributed by atoms with van der Waals surface area (Å²) in [5, 5.41) is 3.30. The summed E-state index contributed by atoms with van der Waals surface area (Å²) in [6.45, 7) is 14.6. The lowest BCUT2D eigenvalue weighted by atomic mass is 9.84. The third-order valence-electron chi connectivity index (χ3n) is 5.13. The molecule has 0 fully saturated rings. The van der Waals surface area contributed by atoms with Crippen LogP contribution in [0.1, 0.15) is 40.2 Å². The molecule has 1 aliphatic heterocycles. The minimum absolute atomic E-state index is 0.106. The topological polar surface area (TPSA) is 66.4 Å². The number of ether oxygens (including phenoxy) is 2. The van der Waals surface area contributed by atoms with Crippen molar-refractivity contribution in [1.82, 2.24) is 15.1 Å². The normalized spacial score (nSPS) is 13.8. The summed E-state index contributed by atoms with van der Waals surface area (Å²) in [4.78, 5) is 21.0. The fourth-order valence-electron chi connectivity index (χ4n) is 3.25. The number of benzene rings is 1. The Bertz CT molecular complexity index is 714. The van der Waals surface area contributed by atoms with Gasteiger partial charge in [0.25, 0.3) is 0 Å². The SMILES string of the molecule is CCNC(=NCC(C)(C)c1ccc2c(c1)OCCO2)N(C)CC(=O)N(CC)CC. The number of hydrogen-bond donors (Lipinski definition) is 1. The van der Waals surface area contributed by atoms with E-state index in [-0.39, 0.29) is 11.3 Å². The molecule has 1 aliphatic rings. The molecule has 0 unspecified atom stereocenters. The Balaban J connectivity index is 2.12.